The highest BCUT2D eigenvalue weighted by atomic mass is 32.2. The number of pyridine rings is 1. The van der Waals surface area contributed by atoms with Crippen LogP contribution in [0, 0.1) is 10.1 Å². The Morgan fingerprint density at radius 3 is 2.67 bits per heavy atom. The molecule has 27 heavy (non-hydrogen) atoms. The Hall–Kier alpha value is -2.30. The van der Waals surface area contributed by atoms with Crippen LogP contribution in [0.2, 0.25) is 0 Å². The molecule has 0 saturated carbocycles. The second-order valence-corrected chi connectivity index (χ2v) is 8.69. The molecule has 2 atom stereocenters. The molecule has 1 N–H and O–H groups in total. The standard InChI is InChI=1S/C17H22N4O5S/c1-12-10-20(11-13(2)26-12)27(24,25)9-8-18-15-5-6-16(21(22)23)14-4-3-7-19-17(14)15/h3-7,12-13,18H,8-11H2,1-2H3. The van der Waals surface area contributed by atoms with Crippen LogP contribution < -0.4 is 5.32 Å². The first-order valence-electron chi connectivity index (χ1n) is 8.67. The molecule has 9 nitrogen and oxygen atoms in total. The first-order chi connectivity index (χ1) is 12.8. The molecule has 1 fully saturated rings. The van der Waals surface area contributed by atoms with Gasteiger partial charge in [-0.05, 0) is 32.0 Å². The van der Waals surface area contributed by atoms with Gasteiger partial charge in [-0.1, -0.05) is 0 Å². The maximum absolute atomic E-state index is 12.6. The van der Waals surface area contributed by atoms with Gasteiger partial charge in [0, 0.05) is 31.9 Å². The Balaban J connectivity index is 1.72. The molecule has 0 bridgehead atoms. The molecule has 0 amide bonds. The summed E-state index contributed by atoms with van der Waals surface area (Å²) >= 11 is 0. The molecule has 10 heteroatoms. The van der Waals surface area contributed by atoms with Gasteiger partial charge in [-0.2, -0.15) is 4.31 Å². The molecule has 3 rings (SSSR count). The van der Waals surface area contributed by atoms with Gasteiger partial charge >= 0.3 is 0 Å². The van der Waals surface area contributed by atoms with Crippen LogP contribution in [0.15, 0.2) is 30.5 Å². The lowest BCUT2D eigenvalue weighted by Crippen LogP contribution is -2.49. The quantitative estimate of drug-likeness (QED) is 0.588. The number of benzene rings is 1. The SMILES string of the molecule is CC1CN(S(=O)(=O)CCNc2ccc([N+](=O)[O-])c3cccnc23)CC(C)O1. The minimum absolute atomic E-state index is 0.0347. The highest BCUT2D eigenvalue weighted by Gasteiger charge is 2.30. The van der Waals surface area contributed by atoms with E-state index >= 15 is 0 Å². The summed E-state index contributed by atoms with van der Waals surface area (Å²) in [6.07, 6.45) is 1.27. The van der Waals surface area contributed by atoms with Crippen molar-refractivity contribution >= 4 is 32.3 Å². The lowest BCUT2D eigenvalue weighted by atomic mass is 10.1. The molecule has 0 spiro atoms. The number of morpholine rings is 1. The smallest absolute Gasteiger partial charge is 0.278 e. The second-order valence-electron chi connectivity index (χ2n) is 6.61. The van der Waals surface area contributed by atoms with Crippen molar-refractivity contribution in [3.8, 4) is 0 Å². The third-order valence-corrected chi connectivity index (χ3v) is 6.20. The molecule has 0 aliphatic carbocycles. The number of non-ortho nitro benzene ring substituents is 1. The summed E-state index contributed by atoms with van der Waals surface area (Å²) in [5.74, 6) is -0.0856. The number of hydrogen-bond acceptors (Lipinski definition) is 7. The van der Waals surface area contributed by atoms with E-state index in [9.17, 15) is 18.5 Å². The number of nitro groups is 1. The van der Waals surface area contributed by atoms with E-state index in [1.54, 1.807) is 24.4 Å². The molecule has 2 unspecified atom stereocenters. The fraction of sp³-hybridized carbons (Fsp3) is 0.471. The largest absolute Gasteiger partial charge is 0.382 e. The van der Waals surface area contributed by atoms with Crippen LogP contribution in [0.5, 0.6) is 0 Å². The Morgan fingerprint density at radius 1 is 1.30 bits per heavy atom. The number of nitrogens with zero attached hydrogens (tertiary/aromatic N) is 3. The fourth-order valence-electron chi connectivity index (χ4n) is 3.26. The zero-order valence-electron chi connectivity index (χ0n) is 15.2. The summed E-state index contributed by atoms with van der Waals surface area (Å²) < 4.78 is 32.2. The molecule has 146 valence electrons. The van der Waals surface area contributed by atoms with Gasteiger partial charge in [0.25, 0.3) is 5.69 Å². The van der Waals surface area contributed by atoms with Gasteiger partial charge in [0.1, 0.15) is 5.52 Å². The number of anilines is 1. The van der Waals surface area contributed by atoms with Crippen LogP contribution in [-0.4, -0.2) is 60.2 Å². The number of ether oxygens (including phenoxy) is 1. The molecule has 1 aromatic carbocycles. The van der Waals surface area contributed by atoms with Crippen LogP contribution in [0.3, 0.4) is 0 Å². The number of fused-ring (bicyclic) bond motifs is 1. The van der Waals surface area contributed by atoms with Gasteiger partial charge in [0.2, 0.25) is 10.0 Å². The average molecular weight is 394 g/mol. The summed E-state index contributed by atoms with van der Waals surface area (Å²) in [7, 11) is -3.43. The van der Waals surface area contributed by atoms with Crippen molar-refractivity contribution in [1.82, 2.24) is 9.29 Å². The lowest BCUT2D eigenvalue weighted by molar-refractivity contribution is -0.383. The highest BCUT2D eigenvalue weighted by molar-refractivity contribution is 7.89. The van der Waals surface area contributed by atoms with Crippen LogP contribution in [0.1, 0.15) is 13.8 Å². The van der Waals surface area contributed by atoms with Crippen molar-refractivity contribution in [3.05, 3.63) is 40.6 Å². The molecule has 1 aromatic heterocycles. The molecule has 1 aliphatic rings. The molecule has 2 heterocycles. The van der Waals surface area contributed by atoms with Gasteiger partial charge in [-0.25, -0.2) is 8.42 Å². The number of nitro benzene ring substituents is 1. The lowest BCUT2D eigenvalue weighted by Gasteiger charge is -2.34. The van der Waals surface area contributed by atoms with Gasteiger partial charge < -0.3 is 10.1 Å². The molecule has 1 aliphatic heterocycles. The molecular formula is C17H22N4O5S. The minimum Gasteiger partial charge on any atom is -0.382 e. The number of aromatic nitrogens is 1. The number of rotatable bonds is 6. The van der Waals surface area contributed by atoms with Gasteiger partial charge in [-0.3, -0.25) is 15.1 Å². The molecule has 2 aromatic rings. The minimum atomic E-state index is -3.43. The third kappa shape index (κ3) is 4.34. The van der Waals surface area contributed by atoms with Crippen molar-refractivity contribution < 1.29 is 18.1 Å². The van der Waals surface area contributed by atoms with Crippen LogP contribution >= 0.6 is 0 Å². The van der Waals surface area contributed by atoms with Crippen molar-refractivity contribution in [2.75, 3.05) is 30.7 Å². The summed E-state index contributed by atoms with van der Waals surface area (Å²) in [6.45, 7) is 4.56. The summed E-state index contributed by atoms with van der Waals surface area (Å²) in [4.78, 5) is 14.9. The van der Waals surface area contributed by atoms with E-state index in [0.29, 0.717) is 29.7 Å². The Bertz CT molecular complexity index is 939. The zero-order chi connectivity index (χ0) is 19.6. The van der Waals surface area contributed by atoms with Crippen molar-refractivity contribution in [2.45, 2.75) is 26.1 Å². The maximum atomic E-state index is 12.6. The van der Waals surface area contributed by atoms with E-state index < -0.39 is 14.9 Å². The highest BCUT2D eigenvalue weighted by Crippen LogP contribution is 2.29. The van der Waals surface area contributed by atoms with Crippen molar-refractivity contribution in [1.29, 1.82) is 0 Å². The fourth-order valence-corrected chi connectivity index (χ4v) is 4.75. The van der Waals surface area contributed by atoms with Gasteiger partial charge in [0.15, 0.2) is 0 Å². The predicted molar refractivity (Wildman–Crippen MR) is 102 cm³/mol. The average Bonchev–Trinajstić information content (AvgIpc) is 2.60. The molecule has 0 radical (unpaired) electrons. The van der Waals surface area contributed by atoms with Crippen molar-refractivity contribution in [3.63, 3.8) is 0 Å². The van der Waals surface area contributed by atoms with E-state index in [-0.39, 0.29) is 30.2 Å². The zero-order valence-corrected chi connectivity index (χ0v) is 16.0. The normalized spacial score (nSPS) is 21.3. The van der Waals surface area contributed by atoms with Gasteiger partial charge in [0.05, 0.1) is 34.0 Å². The van der Waals surface area contributed by atoms with Crippen molar-refractivity contribution in [2.24, 2.45) is 0 Å². The van der Waals surface area contributed by atoms with Crippen LogP contribution in [-0.2, 0) is 14.8 Å². The van der Waals surface area contributed by atoms with E-state index in [2.05, 4.69) is 10.3 Å². The third-order valence-electron chi connectivity index (χ3n) is 4.40. The number of sulfonamides is 1. The van der Waals surface area contributed by atoms with E-state index in [0.717, 1.165) is 0 Å². The van der Waals surface area contributed by atoms with Crippen LogP contribution in [0.25, 0.3) is 10.9 Å². The van der Waals surface area contributed by atoms with Gasteiger partial charge in [-0.15, -0.1) is 0 Å². The Morgan fingerprint density at radius 2 is 2.00 bits per heavy atom. The second kappa shape index (κ2) is 7.75. The summed E-state index contributed by atoms with van der Waals surface area (Å²) in [5, 5.41) is 14.6. The van der Waals surface area contributed by atoms with E-state index in [1.807, 2.05) is 13.8 Å². The van der Waals surface area contributed by atoms with E-state index in [4.69, 9.17) is 4.74 Å². The summed E-state index contributed by atoms with van der Waals surface area (Å²) in [5.41, 5.74) is 0.973. The monoisotopic (exact) mass is 394 g/mol. The first kappa shape index (κ1) is 19.5. The summed E-state index contributed by atoms with van der Waals surface area (Å²) in [6, 6.07) is 6.20. The Kier molecular flexibility index (Phi) is 5.59. The number of hydrogen-bond donors (Lipinski definition) is 1. The van der Waals surface area contributed by atoms with E-state index in [1.165, 1.54) is 10.4 Å². The maximum Gasteiger partial charge on any atom is 0.278 e. The molecule has 1 saturated heterocycles. The predicted octanol–water partition coefficient (Wildman–Crippen LogP) is 1.99. The Labute approximate surface area is 157 Å². The van der Waals surface area contributed by atoms with Crippen LogP contribution in [0.4, 0.5) is 11.4 Å². The first-order valence-corrected chi connectivity index (χ1v) is 10.3. The topological polar surface area (TPSA) is 115 Å². The molecular weight excluding hydrogens is 372 g/mol. The number of nitrogens with one attached hydrogen (secondary N) is 1.